The van der Waals surface area contributed by atoms with Crippen molar-refractivity contribution in [2.45, 2.75) is 45.3 Å². The predicted molar refractivity (Wildman–Crippen MR) is 70.8 cm³/mol. The lowest BCUT2D eigenvalue weighted by atomic mass is 10.1. The fraction of sp³-hybridized carbons (Fsp3) is 0.538. The third-order valence-electron chi connectivity index (χ3n) is 2.20. The second kappa shape index (κ2) is 6.56. The van der Waals surface area contributed by atoms with Gasteiger partial charge in [0, 0.05) is 18.4 Å². The number of rotatable bonds is 5. The van der Waals surface area contributed by atoms with Gasteiger partial charge in [-0.05, 0) is 49.6 Å². The quantitative estimate of drug-likeness (QED) is 0.884. The Morgan fingerprint density at radius 1 is 1.47 bits per heavy atom. The van der Waals surface area contributed by atoms with Crippen LogP contribution < -0.4 is 10.4 Å². The third-order valence-corrected chi connectivity index (χ3v) is 2.93. The zero-order valence-corrected chi connectivity index (χ0v) is 12.1. The molecule has 106 valence electrons. The maximum atomic E-state index is 11.6. The Morgan fingerprint density at radius 2 is 2.16 bits per heavy atom. The lowest BCUT2D eigenvalue weighted by Gasteiger charge is -2.23. The fourth-order valence-corrected chi connectivity index (χ4v) is 2.22. The molecule has 1 heterocycles. The highest BCUT2D eigenvalue weighted by atomic mass is 32.1. The van der Waals surface area contributed by atoms with E-state index in [1.54, 1.807) is 20.8 Å². The van der Waals surface area contributed by atoms with Crippen LogP contribution in [0.25, 0.3) is 0 Å². The monoisotopic (exact) mass is 284 g/mol. The summed E-state index contributed by atoms with van der Waals surface area (Å²) in [6.07, 6.45) is -0.416. The van der Waals surface area contributed by atoms with E-state index in [1.165, 1.54) is 11.3 Å². The number of carboxylic acid groups (broad SMARTS) is 1. The van der Waals surface area contributed by atoms with Crippen LogP contribution in [0.1, 0.15) is 32.8 Å². The largest absolute Gasteiger partial charge is 0.550 e. The molecule has 0 saturated heterocycles. The molecule has 1 atom stereocenters. The van der Waals surface area contributed by atoms with E-state index in [2.05, 4.69) is 5.32 Å². The molecule has 1 rings (SSSR count). The average Bonchev–Trinajstić information content (AvgIpc) is 2.65. The molecule has 0 aromatic carbocycles. The van der Waals surface area contributed by atoms with Gasteiger partial charge in [-0.15, -0.1) is 0 Å². The molecule has 0 fully saturated rings. The van der Waals surface area contributed by atoms with Crippen molar-refractivity contribution in [3.63, 3.8) is 0 Å². The van der Waals surface area contributed by atoms with Crippen LogP contribution in [-0.4, -0.2) is 23.7 Å². The summed E-state index contributed by atoms with van der Waals surface area (Å²) in [4.78, 5) is 22.3. The molecule has 5 nitrogen and oxygen atoms in total. The standard InChI is InChI=1S/C13H19NO4S/c1-13(2,3)18-12(17)14-10(7-11(15)16)6-9-4-5-19-8-9/h4-5,8,10H,6-7H2,1-3H3,(H,14,17)(H,15,16)/p-1/t10-/m1/s1. The van der Waals surface area contributed by atoms with E-state index in [9.17, 15) is 14.7 Å². The summed E-state index contributed by atoms with van der Waals surface area (Å²) in [6, 6.07) is 1.36. The van der Waals surface area contributed by atoms with E-state index in [1.807, 2.05) is 16.8 Å². The first kappa shape index (κ1) is 15.5. The van der Waals surface area contributed by atoms with Gasteiger partial charge in [-0.25, -0.2) is 4.79 Å². The third kappa shape index (κ3) is 6.81. The molecule has 1 amide bonds. The summed E-state index contributed by atoms with van der Waals surface area (Å²) < 4.78 is 5.11. The van der Waals surface area contributed by atoms with E-state index >= 15 is 0 Å². The SMILES string of the molecule is CC(C)(C)OC(=O)N[C@@H](CC(=O)[O-])Cc1ccsc1. The number of amides is 1. The van der Waals surface area contributed by atoms with Crippen molar-refractivity contribution in [2.75, 3.05) is 0 Å². The number of hydrogen-bond donors (Lipinski definition) is 1. The number of thiophene rings is 1. The molecule has 0 saturated carbocycles. The summed E-state index contributed by atoms with van der Waals surface area (Å²) in [7, 11) is 0. The van der Waals surface area contributed by atoms with Crippen LogP contribution in [0.2, 0.25) is 0 Å². The van der Waals surface area contributed by atoms with Crippen LogP contribution in [0.4, 0.5) is 4.79 Å². The molecule has 1 aromatic rings. The lowest BCUT2D eigenvalue weighted by Crippen LogP contribution is -2.43. The molecule has 0 aliphatic heterocycles. The van der Waals surface area contributed by atoms with E-state index < -0.39 is 23.7 Å². The number of nitrogens with one attached hydrogen (secondary N) is 1. The normalized spacial score (nSPS) is 12.8. The summed E-state index contributed by atoms with van der Waals surface area (Å²) in [5.74, 6) is -1.20. The molecule has 0 unspecified atom stereocenters. The second-order valence-corrected chi connectivity index (χ2v) is 6.04. The lowest BCUT2D eigenvalue weighted by molar-refractivity contribution is -0.306. The topological polar surface area (TPSA) is 78.5 Å². The van der Waals surface area contributed by atoms with Gasteiger partial charge >= 0.3 is 6.09 Å². The first-order valence-electron chi connectivity index (χ1n) is 5.96. The number of carboxylic acids is 1. The van der Waals surface area contributed by atoms with E-state index in [4.69, 9.17) is 4.74 Å². The molecule has 0 bridgehead atoms. The molecule has 0 aliphatic carbocycles. The first-order chi connectivity index (χ1) is 8.76. The highest BCUT2D eigenvalue weighted by Gasteiger charge is 2.20. The zero-order chi connectivity index (χ0) is 14.5. The van der Waals surface area contributed by atoms with Crippen molar-refractivity contribution in [2.24, 2.45) is 0 Å². The first-order valence-corrected chi connectivity index (χ1v) is 6.91. The Morgan fingerprint density at radius 3 is 2.63 bits per heavy atom. The highest BCUT2D eigenvalue weighted by Crippen LogP contribution is 2.12. The van der Waals surface area contributed by atoms with Crippen molar-refractivity contribution >= 4 is 23.4 Å². The minimum atomic E-state index is -1.20. The number of carbonyl (C=O) groups excluding carboxylic acids is 2. The van der Waals surface area contributed by atoms with Crippen LogP contribution >= 0.6 is 11.3 Å². The smallest absolute Gasteiger partial charge is 0.407 e. The van der Waals surface area contributed by atoms with E-state index in [0.717, 1.165) is 5.56 Å². The Labute approximate surface area is 116 Å². The summed E-state index contributed by atoms with van der Waals surface area (Å²) in [6.45, 7) is 5.25. The van der Waals surface area contributed by atoms with Gasteiger partial charge in [0.1, 0.15) is 5.60 Å². The van der Waals surface area contributed by atoms with Gasteiger partial charge in [0.15, 0.2) is 0 Å². The van der Waals surface area contributed by atoms with Gasteiger partial charge in [-0.2, -0.15) is 11.3 Å². The van der Waals surface area contributed by atoms with Crippen molar-refractivity contribution < 1.29 is 19.4 Å². The Balaban J connectivity index is 2.59. The maximum Gasteiger partial charge on any atom is 0.407 e. The Hall–Kier alpha value is -1.56. The van der Waals surface area contributed by atoms with Crippen LogP contribution in [0.5, 0.6) is 0 Å². The molecular formula is C13H18NO4S-. The molecule has 19 heavy (non-hydrogen) atoms. The predicted octanol–water partition coefficient (Wildman–Crippen LogP) is 1.32. The molecular weight excluding hydrogens is 266 g/mol. The van der Waals surface area contributed by atoms with Gasteiger partial charge < -0.3 is 20.0 Å². The maximum absolute atomic E-state index is 11.6. The summed E-state index contributed by atoms with van der Waals surface area (Å²) in [5.41, 5.74) is 0.366. The van der Waals surface area contributed by atoms with Gasteiger partial charge in [0.25, 0.3) is 0 Å². The van der Waals surface area contributed by atoms with Crippen LogP contribution in [-0.2, 0) is 16.0 Å². The van der Waals surface area contributed by atoms with Crippen molar-refractivity contribution in [3.8, 4) is 0 Å². The number of carbonyl (C=O) groups is 2. The van der Waals surface area contributed by atoms with Crippen molar-refractivity contribution in [3.05, 3.63) is 22.4 Å². The minimum Gasteiger partial charge on any atom is -0.550 e. The zero-order valence-electron chi connectivity index (χ0n) is 11.3. The van der Waals surface area contributed by atoms with Crippen LogP contribution in [0.3, 0.4) is 0 Å². The molecule has 0 spiro atoms. The molecule has 0 radical (unpaired) electrons. The van der Waals surface area contributed by atoms with Gasteiger partial charge in [0.2, 0.25) is 0 Å². The average molecular weight is 284 g/mol. The summed E-state index contributed by atoms with van der Waals surface area (Å²) in [5, 5.41) is 17.1. The number of ether oxygens (including phenoxy) is 1. The molecule has 0 aliphatic rings. The molecule has 1 N–H and O–H groups in total. The van der Waals surface area contributed by atoms with E-state index in [0.29, 0.717) is 6.42 Å². The van der Waals surface area contributed by atoms with Gasteiger partial charge in [0.05, 0.1) is 0 Å². The Kier molecular flexibility index (Phi) is 5.35. The minimum absolute atomic E-state index is 0.241. The van der Waals surface area contributed by atoms with Crippen molar-refractivity contribution in [1.82, 2.24) is 5.32 Å². The van der Waals surface area contributed by atoms with E-state index in [-0.39, 0.29) is 6.42 Å². The summed E-state index contributed by atoms with van der Waals surface area (Å²) >= 11 is 1.52. The Bertz CT molecular complexity index is 422. The molecule has 6 heteroatoms. The van der Waals surface area contributed by atoms with Gasteiger partial charge in [-0.3, -0.25) is 0 Å². The molecule has 1 aromatic heterocycles. The fourth-order valence-electron chi connectivity index (χ4n) is 1.54. The number of alkyl carbamates (subject to hydrolysis) is 1. The van der Waals surface area contributed by atoms with Crippen LogP contribution in [0.15, 0.2) is 16.8 Å². The van der Waals surface area contributed by atoms with Gasteiger partial charge in [-0.1, -0.05) is 0 Å². The number of aliphatic carboxylic acids is 1. The van der Waals surface area contributed by atoms with Crippen LogP contribution in [0, 0.1) is 0 Å². The highest BCUT2D eigenvalue weighted by molar-refractivity contribution is 7.07. The number of hydrogen-bond acceptors (Lipinski definition) is 5. The van der Waals surface area contributed by atoms with Crippen molar-refractivity contribution in [1.29, 1.82) is 0 Å². The second-order valence-electron chi connectivity index (χ2n) is 5.26.